The highest BCUT2D eigenvalue weighted by molar-refractivity contribution is 5.85. The van der Waals surface area contributed by atoms with Crippen molar-refractivity contribution in [3.63, 3.8) is 0 Å². The Kier molecular flexibility index (Phi) is 5.10. The molecule has 0 heterocycles. The van der Waals surface area contributed by atoms with Gasteiger partial charge < -0.3 is 10.5 Å². The molecule has 1 aromatic carbocycles. The van der Waals surface area contributed by atoms with Crippen LogP contribution >= 0.6 is 12.4 Å². The molecule has 2 unspecified atom stereocenters. The molecule has 2 N–H and O–H groups in total. The minimum absolute atomic E-state index is 0. The van der Waals surface area contributed by atoms with Gasteiger partial charge in [-0.3, -0.25) is 0 Å². The van der Waals surface area contributed by atoms with E-state index in [0.29, 0.717) is 0 Å². The lowest BCUT2D eigenvalue weighted by Crippen LogP contribution is -2.41. The van der Waals surface area contributed by atoms with Gasteiger partial charge in [-0.1, -0.05) is 24.1 Å². The van der Waals surface area contributed by atoms with Gasteiger partial charge in [-0.25, -0.2) is 0 Å². The molecule has 0 amide bonds. The molecule has 1 aliphatic carbocycles. The summed E-state index contributed by atoms with van der Waals surface area (Å²) in [6, 6.07) is 8.40. The van der Waals surface area contributed by atoms with E-state index in [-0.39, 0.29) is 24.6 Å². The van der Waals surface area contributed by atoms with Crippen molar-refractivity contribution in [2.24, 2.45) is 5.73 Å². The van der Waals surface area contributed by atoms with Gasteiger partial charge in [-0.15, -0.1) is 12.4 Å². The molecule has 90 valence electrons. The Bertz CT molecular complexity index is 312. The number of benzene rings is 1. The highest BCUT2D eigenvalue weighted by Gasteiger charge is 2.23. The third-order valence-corrected chi connectivity index (χ3v) is 3.06. The van der Waals surface area contributed by atoms with Gasteiger partial charge in [-0.05, 0) is 38.3 Å². The van der Waals surface area contributed by atoms with Crippen LogP contribution in [0.1, 0.15) is 31.2 Å². The molecule has 0 bridgehead atoms. The Morgan fingerprint density at radius 1 is 1.12 bits per heavy atom. The van der Waals surface area contributed by atoms with Crippen LogP contribution in [0.4, 0.5) is 0 Å². The molecule has 1 aliphatic rings. The summed E-state index contributed by atoms with van der Waals surface area (Å²) in [5.41, 5.74) is 7.29. The fourth-order valence-corrected chi connectivity index (χ4v) is 2.06. The van der Waals surface area contributed by atoms with E-state index in [2.05, 4.69) is 19.1 Å². The van der Waals surface area contributed by atoms with Gasteiger partial charge in [-0.2, -0.15) is 0 Å². The van der Waals surface area contributed by atoms with Crippen LogP contribution in [-0.2, 0) is 0 Å². The molecule has 0 aliphatic heterocycles. The van der Waals surface area contributed by atoms with Crippen LogP contribution in [0.25, 0.3) is 0 Å². The third kappa shape index (κ3) is 3.39. The molecule has 1 aromatic rings. The molecular weight excluding hydrogens is 222 g/mol. The average molecular weight is 242 g/mol. The van der Waals surface area contributed by atoms with Crippen molar-refractivity contribution < 1.29 is 4.74 Å². The van der Waals surface area contributed by atoms with Gasteiger partial charge in [0, 0.05) is 6.04 Å². The molecule has 16 heavy (non-hydrogen) atoms. The van der Waals surface area contributed by atoms with Gasteiger partial charge in [0.2, 0.25) is 0 Å². The largest absolute Gasteiger partial charge is 0.489 e. The van der Waals surface area contributed by atoms with Crippen LogP contribution in [0, 0.1) is 6.92 Å². The van der Waals surface area contributed by atoms with Crippen LogP contribution in [-0.4, -0.2) is 12.1 Å². The Morgan fingerprint density at radius 2 is 1.75 bits per heavy atom. The lowest BCUT2D eigenvalue weighted by molar-refractivity contribution is 0.132. The predicted molar refractivity (Wildman–Crippen MR) is 69.3 cm³/mol. The van der Waals surface area contributed by atoms with E-state index < -0.39 is 0 Å². The summed E-state index contributed by atoms with van der Waals surface area (Å²) in [6.45, 7) is 2.08. The molecule has 0 radical (unpaired) electrons. The number of ether oxygens (including phenoxy) is 1. The van der Waals surface area contributed by atoms with Crippen molar-refractivity contribution in [1.82, 2.24) is 0 Å². The Labute approximate surface area is 104 Å². The molecule has 0 spiro atoms. The van der Waals surface area contributed by atoms with Crippen molar-refractivity contribution in [3.05, 3.63) is 29.8 Å². The lowest BCUT2D eigenvalue weighted by Gasteiger charge is -2.29. The van der Waals surface area contributed by atoms with Gasteiger partial charge in [0.15, 0.2) is 0 Å². The maximum Gasteiger partial charge on any atom is 0.119 e. The summed E-state index contributed by atoms with van der Waals surface area (Å²) in [5.74, 6) is 0.947. The van der Waals surface area contributed by atoms with Crippen molar-refractivity contribution in [2.75, 3.05) is 0 Å². The first-order valence-corrected chi connectivity index (χ1v) is 5.74. The Balaban J connectivity index is 0.00000128. The number of nitrogens with two attached hydrogens (primary N) is 1. The smallest absolute Gasteiger partial charge is 0.119 e. The summed E-state index contributed by atoms with van der Waals surface area (Å²) in [5, 5.41) is 0. The number of hydrogen-bond acceptors (Lipinski definition) is 2. The van der Waals surface area contributed by atoms with E-state index in [9.17, 15) is 0 Å². The topological polar surface area (TPSA) is 35.2 Å². The van der Waals surface area contributed by atoms with Gasteiger partial charge in [0.1, 0.15) is 11.9 Å². The third-order valence-electron chi connectivity index (χ3n) is 3.06. The zero-order valence-corrected chi connectivity index (χ0v) is 10.5. The van der Waals surface area contributed by atoms with E-state index in [4.69, 9.17) is 10.5 Å². The quantitative estimate of drug-likeness (QED) is 0.864. The summed E-state index contributed by atoms with van der Waals surface area (Å²) >= 11 is 0. The lowest BCUT2D eigenvalue weighted by atomic mass is 9.93. The highest BCUT2D eigenvalue weighted by atomic mass is 35.5. The molecule has 2 atom stereocenters. The monoisotopic (exact) mass is 241 g/mol. The number of rotatable bonds is 2. The molecule has 3 heteroatoms. The first-order chi connectivity index (χ1) is 7.25. The number of hydrogen-bond donors (Lipinski definition) is 1. The van der Waals surface area contributed by atoms with E-state index in [0.717, 1.165) is 18.6 Å². The molecule has 0 aromatic heterocycles. The number of halogens is 1. The second-order valence-corrected chi connectivity index (χ2v) is 4.42. The molecule has 1 saturated carbocycles. The molecular formula is C13H20ClNO. The number of aryl methyl sites for hydroxylation is 1. The highest BCUT2D eigenvalue weighted by Crippen LogP contribution is 2.22. The maximum absolute atomic E-state index is 6.03. The fraction of sp³-hybridized carbons (Fsp3) is 0.538. The fourth-order valence-electron chi connectivity index (χ4n) is 2.06. The summed E-state index contributed by atoms with van der Waals surface area (Å²) in [4.78, 5) is 0. The minimum Gasteiger partial charge on any atom is -0.489 e. The van der Waals surface area contributed by atoms with Crippen LogP contribution in [0.3, 0.4) is 0 Å². The minimum atomic E-state index is 0. The zero-order chi connectivity index (χ0) is 10.7. The standard InChI is InChI=1S/C13H19NO.ClH/c1-10-6-8-11(9-7-10)15-13-5-3-2-4-12(13)14;/h6-9,12-13H,2-5,14H2,1H3;1H. The summed E-state index contributed by atoms with van der Waals surface area (Å²) < 4.78 is 5.90. The molecule has 2 nitrogen and oxygen atoms in total. The van der Waals surface area contributed by atoms with Crippen molar-refractivity contribution in [3.8, 4) is 5.75 Å². The van der Waals surface area contributed by atoms with E-state index in [1.54, 1.807) is 0 Å². The van der Waals surface area contributed by atoms with Crippen LogP contribution in [0.5, 0.6) is 5.75 Å². The van der Waals surface area contributed by atoms with Crippen molar-refractivity contribution in [1.29, 1.82) is 0 Å². The summed E-state index contributed by atoms with van der Waals surface area (Å²) in [6.07, 6.45) is 4.88. The van der Waals surface area contributed by atoms with Crippen LogP contribution in [0.2, 0.25) is 0 Å². The summed E-state index contributed by atoms with van der Waals surface area (Å²) in [7, 11) is 0. The van der Waals surface area contributed by atoms with Crippen molar-refractivity contribution >= 4 is 12.4 Å². The van der Waals surface area contributed by atoms with Gasteiger partial charge >= 0.3 is 0 Å². The van der Waals surface area contributed by atoms with Gasteiger partial charge in [0.25, 0.3) is 0 Å². The van der Waals surface area contributed by atoms with Crippen LogP contribution < -0.4 is 10.5 Å². The Hall–Kier alpha value is -0.730. The SMILES string of the molecule is Cc1ccc(OC2CCCCC2N)cc1.Cl. The van der Waals surface area contributed by atoms with Crippen molar-refractivity contribution in [2.45, 2.75) is 44.8 Å². The second-order valence-electron chi connectivity index (χ2n) is 4.42. The van der Waals surface area contributed by atoms with E-state index in [1.165, 1.54) is 18.4 Å². The Morgan fingerprint density at radius 3 is 2.38 bits per heavy atom. The van der Waals surface area contributed by atoms with E-state index >= 15 is 0 Å². The average Bonchev–Trinajstić information content (AvgIpc) is 2.25. The predicted octanol–water partition coefficient (Wildman–Crippen LogP) is 3.07. The zero-order valence-electron chi connectivity index (χ0n) is 9.69. The second kappa shape index (κ2) is 6.12. The first-order valence-electron chi connectivity index (χ1n) is 5.74. The molecule has 0 saturated heterocycles. The maximum atomic E-state index is 6.03. The normalized spacial score (nSPS) is 24.6. The van der Waals surface area contributed by atoms with Crippen LogP contribution in [0.15, 0.2) is 24.3 Å². The van der Waals surface area contributed by atoms with E-state index in [1.807, 2.05) is 12.1 Å². The molecule has 1 fully saturated rings. The first kappa shape index (κ1) is 13.3. The van der Waals surface area contributed by atoms with Gasteiger partial charge in [0.05, 0.1) is 0 Å². The molecule has 2 rings (SSSR count).